The Morgan fingerprint density at radius 2 is 2.11 bits per heavy atom. The molecule has 0 aliphatic rings. The van der Waals surface area contributed by atoms with Gasteiger partial charge in [0.05, 0.1) is 6.54 Å². The third-order valence-corrected chi connectivity index (χ3v) is 2.46. The van der Waals surface area contributed by atoms with Crippen molar-refractivity contribution >= 4 is 5.82 Å². The maximum absolute atomic E-state index is 12.4. The first kappa shape index (κ1) is 13.4. The smallest absolute Gasteiger partial charge is 0.370 e. The van der Waals surface area contributed by atoms with Crippen LogP contribution in [-0.4, -0.2) is 21.3 Å². The molecule has 102 valence electrons. The van der Waals surface area contributed by atoms with Crippen molar-refractivity contribution in [2.75, 3.05) is 11.9 Å². The van der Waals surface area contributed by atoms with Crippen LogP contribution in [0.3, 0.4) is 0 Å². The molecule has 0 unspecified atom stereocenters. The number of halogens is 3. The zero-order chi connectivity index (χ0) is 13.9. The highest BCUT2D eigenvalue weighted by molar-refractivity contribution is 5.37. The Hall–Kier alpha value is -2.05. The fourth-order valence-corrected chi connectivity index (χ4v) is 1.64. The second kappa shape index (κ2) is 5.29. The molecule has 0 saturated heterocycles. The van der Waals surface area contributed by atoms with Gasteiger partial charge in [0.25, 0.3) is 0 Å². The van der Waals surface area contributed by atoms with E-state index in [1.54, 1.807) is 18.3 Å². The van der Waals surface area contributed by atoms with E-state index in [0.29, 0.717) is 5.82 Å². The van der Waals surface area contributed by atoms with Gasteiger partial charge in [-0.05, 0) is 30.7 Å². The van der Waals surface area contributed by atoms with Gasteiger partial charge >= 0.3 is 6.18 Å². The van der Waals surface area contributed by atoms with E-state index in [-0.39, 0.29) is 6.54 Å². The zero-order valence-corrected chi connectivity index (χ0v) is 10.3. The van der Waals surface area contributed by atoms with Gasteiger partial charge in [-0.2, -0.15) is 18.3 Å². The van der Waals surface area contributed by atoms with Gasteiger partial charge in [0, 0.05) is 18.9 Å². The topological polar surface area (TPSA) is 42.7 Å². The Labute approximate surface area is 108 Å². The molecular weight excluding hydrogens is 257 g/mol. The second-order valence-corrected chi connectivity index (χ2v) is 3.98. The van der Waals surface area contributed by atoms with Crippen LogP contribution in [0.2, 0.25) is 0 Å². The van der Waals surface area contributed by atoms with Gasteiger partial charge in [0.2, 0.25) is 0 Å². The monoisotopic (exact) mass is 270 g/mol. The highest BCUT2D eigenvalue weighted by atomic mass is 19.4. The first-order valence-electron chi connectivity index (χ1n) is 5.78. The van der Waals surface area contributed by atoms with Crippen molar-refractivity contribution in [3.63, 3.8) is 0 Å². The van der Waals surface area contributed by atoms with Crippen molar-refractivity contribution in [1.82, 2.24) is 14.8 Å². The number of nitrogens with zero attached hydrogens (tertiary/aromatic N) is 3. The average Bonchev–Trinajstić information content (AvgIpc) is 2.78. The van der Waals surface area contributed by atoms with Crippen molar-refractivity contribution in [2.45, 2.75) is 19.6 Å². The minimum Gasteiger partial charge on any atom is -0.370 e. The molecule has 0 spiro atoms. The second-order valence-electron chi connectivity index (χ2n) is 3.98. The van der Waals surface area contributed by atoms with Crippen LogP contribution in [0.5, 0.6) is 0 Å². The van der Waals surface area contributed by atoms with Crippen molar-refractivity contribution in [2.24, 2.45) is 0 Å². The molecule has 0 bridgehead atoms. The summed E-state index contributed by atoms with van der Waals surface area (Å²) >= 11 is 0. The predicted octanol–water partition coefficient (Wildman–Crippen LogP) is 2.78. The van der Waals surface area contributed by atoms with Crippen molar-refractivity contribution in [3.8, 4) is 0 Å². The molecule has 0 aromatic carbocycles. The number of alkyl halides is 3. The van der Waals surface area contributed by atoms with E-state index in [9.17, 15) is 13.2 Å². The summed E-state index contributed by atoms with van der Waals surface area (Å²) < 4.78 is 38.5. The highest BCUT2D eigenvalue weighted by Gasteiger charge is 2.33. The van der Waals surface area contributed by atoms with Gasteiger partial charge in [0.1, 0.15) is 5.82 Å². The Balaban J connectivity index is 2.12. The highest BCUT2D eigenvalue weighted by Crippen LogP contribution is 2.27. The Kier molecular flexibility index (Phi) is 3.73. The lowest BCUT2D eigenvalue weighted by molar-refractivity contribution is -0.141. The molecule has 2 heterocycles. The molecule has 2 rings (SSSR count). The SMILES string of the molecule is CCNc1cc(Cn2ccc(C(F)(F)F)n2)ccn1. The summed E-state index contributed by atoms with van der Waals surface area (Å²) in [5, 5.41) is 6.55. The Morgan fingerprint density at radius 3 is 2.74 bits per heavy atom. The van der Waals surface area contributed by atoms with Crippen molar-refractivity contribution < 1.29 is 13.2 Å². The molecule has 1 N–H and O–H groups in total. The van der Waals surface area contributed by atoms with E-state index < -0.39 is 11.9 Å². The number of hydrogen-bond acceptors (Lipinski definition) is 3. The standard InChI is InChI=1S/C12H13F3N4/c1-2-16-11-7-9(3-5-17-11)8-19-6-4-10(18-19)12(13,14)15/h3-7H,2,8H2,1H3,(H,16,17). The molecule has 0 fully saturated rings. The van der Waals surface area contributed by atoms with Crippen molar-refractivity contribution in [3.05, 3.63) is 41.9 Å². The number of nitrogens with one attached hydrogen (secondary N) is 1. The fraction of sp³-hybridized carbons (Fsp3) is 0.333. The summed E-state index contributed by atoms with van der Waals surface area (Å²) in [6, 6.07) is 4.50. The minimum absolute atomic E-state index is 0.275. The van der Waals surface area contributed by atoms with E-state index in [1.807, 2.05) is 6.92 Å². The van der Waals surface area contributed by atoms with E-state index in [4.69, 9.17) is 0 Å². The molecule has 0 amide bonds. The normalized spacial score (nSPS) is 11.6. The predicted molar refractivity (Wildman–Crippen MR) is 64.7 cm³/mol. The van der Waals surface area contributed by atoms with Gasteiger partial charge in [-0.25, -0.2) is 4.98 Å². The molecule has 0 aliphatic heterocycles. The summed E-state index contributed by atoms with van der Waals surface area (Å²) in [5.41, 5.74) is -0.0452. The number of hydrogen-bond donors (Lipinski definition) is 1. The van der Waals surface area contributed by atoms with E-state index in [1.165, 1.54) is 10.9 Å². The maximum Gasteiger partial charge on any atom is 0.435 e. The van der Waals surface area contributed by atoms with Crippen LogP contribution in [0.25, 0.3) is 0 Å². The van der Waals surface area contributed by atoms with Gasteiger partial charge in [-0.3, -0.25) is 4.68 Å². The largest absolute Gasteiger partial charge is 0.435 e. The number of rotatable bonds is 4. The minimum atomic E-state index is -4.40. The zero-order valence-electron chi connectivity index (χ0n) is 10.3. The first-order chi connectivity index (χ1) is 8.99. The summed E-state index contributed by atoms with van der Waals surface area (Å²) in [6.45, 7) is 2.95. The fourth-order valence-electron chi connectivity index (χ4n) is 1.64. The Morgan fingerprint density at radius 1 is 1.32 bits per heavy atom. The third kappa shape index (κ3) is 3.46. The molecular formula is C12H13F3N4. The number of pyridine rings is 1. The number of aromatic nitrogens is 3. The van der Waals surface area contributed by atoms with Crippen LogP contribution in [0.4, 0.5) is 19.0 Å². The van der Waals surface area contributed by atoms with Crippen LogP contribution in [0, 0.1) is 0 Å². The van der Waals surface area contributed by atoms with E-state index in [2.05, 4.69) is 15.4 Å². The summed E-state index contributed by atoms with van der Waals surface area (Å²) in [6.07, 6.45) is -1.48. The van der Waals surface area contributed by atoms with E-state index in [0.717, 1.165) is 18.2 Å². The summed E-state index contributed by atoms with van der Waals surface area (Å²) in [4.78, 5) is 4.09. The molecule has 0 saturated carbocycles. The van der Waals surface area contributed by atoms with E-state index >= 15 is 0 Å². The molecule has 0 atom stereocenters. The molecule has 2 aromatic rings. The summed E-state index contributed by atoms with van der Waals surface area (Å²) in [7, 11) is 0. The first-order valence-corrected chi connectivity index (χ1v) is 5.78. The van der Waals surface area contributed by atoms with Crippen LogP contribution < -0.4 is 5.32 Å². The van der Waals surface area contributed by atoms with Gasteiger partial charge < -0.3 is 5.32 Å². The van der Waals surface area contributed by atoms with Crippen molar-refractivity contribution in [1.29, 1.82) is 0 Å². The molecule has 19 heavy (non-hydrogen) atoms. The third-order valence-electron chi connectivity index (χ3n) is 2.46. The van der Waals surface area contributed by atoms with Gasteiger partial charge in [-0.1, -0.05) is 0 Å². The van der Waals surface area contributed by atoms with Crippen LogP contribution in [-0.2, 0) is 12.7 Å². The molecule has 0 radical (unpaired) electrons. The van der Waals surface area contributed by atoms with Gasteiger partial charge in [-0.15, -0.1) is 0 Å². The average molecular weight is 270 g/mol. The van der Waals surface area contributed by atoms with Crippen LogP contribution >= 0.6 is 0 Å². The lowest BCUT2D eigenvalue weighted by Crippen LogP contribution is -2.08. The lowest BCUT2D eigenvalue weighted by atomic mass is 10.2. The quantitative estimate of drug-likeness (QED) is 0.929. The maximum atomic E-state index is 12.4. The van der Waals surface area contributed by atoms with Crippen LogP contribution in [0.15, 0.2) is 30.6 Å². The Bertz CT molecular complexity index is 548. The molecule has 4 nitrogen and oxygen atoms in total. The molecule has 2 aromatic heterocycles. The van der Waals surface area contributed by atoms with Gasteiger partial charge in [0.15, 0.2) is 5.69 Å². The summed E-state index contributed by atoms with van der Waals surface area (Å²) in [5.74, 6) is 0.697. The number of anilines is 1. The molecule has 7 heteroatoms. The van der Waals surface area contributed by atoms with Crippen LogP contribution in [0.1, 0.15) is 18.2 Å². The lowest BCUT2D eigenvalue weighted by Gasteiger charge is -2.06. The molecule has 0 aliphatic carbocycles.